The first-order valence-corrected chi connectivity index (χ1v) is 7.70. The Morgan fingerprint density at radius 3 is 2.64 bits per heavy atom. The summed E-state index contributed by atoms with van der Waals surface area (Å²) in [5, 5.41) is 12.3. The van der Waals surface area contributed by atoms with Crippen LogP contribution < -0.4 is 0 Å². The molecule has 1 aliphatic heterocycles. The molecule has 110 valence electrons. The summed E-state index contributed by atoms with van der Waals surface area (Å²) in [5.41, 5.74) is 3.91. The van der Waals surface area contributed by atoms with Gasteiger partial charge in [-0.15, -0.1) is 0 Å². The van der Waals surface area contributed by atoms with Gasteiger partial charge in [0.2, 0.25) is 0 Å². The van der Waals surface area contributed by atoms with Crippen LogP contribution in [-0.2, 0) is 6.54 Å². The third-order valence-corrected chi connectivity index (χ3v) is 4.61. The molecular formula is C20H19NO. The number of hydrogen-bond donors (Lipinski definition) is 1. The molecule has 0 aliphatic carbocycles. The maximum atomic E-state index is 9.75. The molecular weight excluding hydrogens is 270 g/mol. The number of benzene rings is 3. The Morgan fingerprint density at radius 2 is 1.77 bits per heavy atom. The van der Waals surface area contributed by atoms with Crippen LogP contribution in [0.25, 0.3) is 10.8 Å². The van der Waals surface area contributed by atoms with Gasteiger partial charge in [0.05, 0.1) is 0 Å². The van der Waals surface area contributed by atoms with E-state index in [1.54, 1.807) is 6.07 Å². The lowest BCUT2D eigenvalue weighted by Gasteiger charge is -2.32. The molecule has 1 N–H and O–H groups in total. The highest BCUT2D eigenvalue weighted by Gasteiger charge is 2.25. The normalized spacial score (nSPS) is 18.3. The van der Waals surface area contributed by atoms with Crippen LogP contribution in [0, 0.1) is 0 Å². The molecule has 0 unspecified atom stereocenters. The number of phenols is 1. The lowest BCUT2D eigenvalue weighted by atomic mass is 9.84. The molecule has 2 heteroatoms. The van der Waals surface area contributed by atoms with Gasteiger partial charge in [-0.2, -0.15) is 0 Å². The van der Waals surface area contributed by atoms with Gasteiger partial charge in [0.25, 0.3) is 0 Å². The Hall–Kier alpha value is -2.32. The fraction of sp³-hybridized carbons (Fsp3) is 0.200. The third kappa shape index (κ3) is 2.26. The average molecular weight is 289 g/mol. The molecule has 3 aromatic rings. The maximum Gasteiger partial charge on any atom is 0.115 e. The van der Waals surface area contributed by atoms with Gasteiger partial charge in [0, 0.05) is 19.0 Å². The quantitative estimate of drug-likeness (QED) is 0.728. The van der Waals surface area contributed by atoms with Gasteiger partial charge in [0.15, 0.2) is 0 Å². The van der Waals surface area contributed by atoms with Crippen LogP contribution >= 0.6 is 0 Å². The van der Waals surface area contributed by atoms with Crippen LogP contribution in [0.1, 0.15) is 22.6 Å². The van der Waals surface area contributed by atoms with Crippen molar-refractivity contribution in [3.8, 4) is 5.75 Å². The Labute approximate surface area is 130 Å². The van der Waals surface area contributed by atoms with E-state index >= 15 is 0 Å². The third-order valence-electron chi connectivity index (χ3n) is 4.61. The van der Waals surface area contributed by atoms with Crippen LogP contribution in [0.5, 0.6) is 5.75 Å². The van der Waals surface area contributed by atoms with Crippen LogP contribution in [0.15, 0.2) is 60.7 Å². The summed E-state index contributed by atoms with van der Waals surface area (Å²) >= 11 is 0. The number of likely N-dealkylation sites (N-methyl/N-ethyl adjacent to an activating group) is 1. The van der Waals surface area contributed by atoms with Crippen molar-refractivity contribution in [2.75, 3.05) is 13.6 Å². The molecule has 0 aromatic heterocycles. The smallest absolute Gasteiger partial charge is 0.115 e. The lowest BCUT2D eigenvalue weighted by molar-refractivity contribution is 0.294. The lowest BCUT2D eigenvalue weighted by Crippen LogP contribution is -2.30. The van der Waals surface area contributed by atoms with Crippen LogP contribution in [0.2, 0.25) is 0 Å². The van der Waals surface area contributed by atoms with Crippen LogP contribution in [0.4, 0.5) is 0 Å². The van der Waals surface area contributed by atoms with E-state index in [1.165, 1.54) is 27.5 Å². The van der Waals surface area contributed by atoms with Gasteiger partial charge in [-0.3, -0.25) is 0 Å². The highest BCUT2D eigenvalue weighted by molar-refractivity contribution is 5.83. The van der Waals surface area contributed by atoms with Gasteiger partial charge in [-0.1, -0.05) is 48.5 Å². The average Bonchev–Trinajstić information content (AvgIpc) is 2.53. The first-order chi connectivity index (χ1) is 10.7. The highest BCUT2D eigenvalue weighted by Crippen LogP contribution is 2.35. The summed E-state index contributed by atoms with van der Waals surface area (Å²) < 4.78 is 0. The molecule has 3 aromatic carbocycles. The first-order valence-electron chi connectivity index (χ1n) is 7.70. The Balaban J connectivity index is 1.84. The van der Waals surface area contributed by atoms with E-state index in [4.69, 9.17) is 0 Å². The van der Waals surface area contributed by atoms with E-state index < -0.39 is 0 Å². The van der Waals surface area contributed by atoms with E-state index in [-0.39, 0.29) is 0 Å². The van der Waals surface area contributed by atoms with Crippen molar-refractivity contribution in [1.29, 1.82) is 0 Å². The Kier molecular flexibility index (Phi) is 3.12. The van der Waals surface area contributed by atoms with E-state index in [2.05, 4.69) is 60.5 Å². The van der Waals surface area contributed by atoms with E-state index in [9.17, 15) is 5.11 Å². The fourth-order valence-corrected chi connectivity index (χ4v) is 3.54. The second-order valence-corrected chi connectivity index (χ2v) is 6.24. The van der Waals surface area contributed by atoms with Crippen molar-refractivity contribution in [3.05, 3.63) is 77.4 Å². The van der Waals surface area contributed by atoms with Crippen molar-refractivity contribution in [2.45, 2.75) is 12.5 Å². The van der Waals surface area contributed by atoms with Crippen LogP contribution in [0.3, 0.4) is 0 Å². The van der Waals surface area contributed by atoms with Crippen molar-refractivity contribution >= 4 is 10.8 Å². The number of fused-ring (bicyclic) bond motifs is 2. The molecule has 0 saturated heterocycles. The van der Waals surface area contributed by atoms with Gasteiger partial charge in [-0.25, -0.2) is 0 Å². The molecule has 0 bridgehead atoms. The molecule has 1 atom stereocenters. The SMILES string of the molecule is CN1Cc2cc(O)ccc2[C@H](c2ccc3ccccc3c2)C1. The molecule has 0 spiro atoms. The highest BCUT2D eigenvalue weighted by atomic mass is 16.3. The molecule has 0 fully saturated rings. The molecule has 1 heterocycles. The standard InChI is InChI=1S/C20H19NO/c1-21-12-17-11-18(22)8-9-19(17)20(13-21)16-7-6-14-4-2-3-5-15(14)10-16/h2-11,20,22H,12-13H2,1H3/t20-/m0/s1. The zero-order chi connectivity index (χ0) is 15.1. The molecule has 1 aliphatic rings. The second kappa shape index (κ2) is 5.15. The topological polar surface area (TPSA) is 23.5 Å². The number of nitrogens with zero attached hydrogens (tertiary/aromatic N) is 1. The number of hydrogen-bond acceptors (Lipinski definition) is 2. The molecule has 2 nitrogen and oxygen atoms in total. The first kappa shape index (κ1) is 13.4. The number of phenolic OH excluding ortho intramolecular Hbond substituents is 1. The minimum atomic E-state index is 0.353. The van der Waals surface area contributed by atoms with Gasteiger partial charge in [0.1, 0.15) is 5.75 Å². The molecule has 0 radical (unpaired) electrons. The van der Waals surface area contributed by atoms with E-state index in [1.807, 2.05) is 6.07 Å². The monoisotopic (exact) mass is 289 g/mol. The maximum absolute atomic E-state index is 9.75. The minimum absolute atomic E-state index is 0.353. The molecule has 4 rings (SSSR count). The van der Waals surface area contributed by atoms with Crippen molar-refractivity contribution in [2.24, 2.45) is 0 Å². The number of aromatic hydroxyl groups is 1. The van der Waals surface area contributed by atoms with Gasteiger partial charge >= 0.3 is 0 Å². The van der Waals surface area contributed by atoms with Gasteiger partial charge in [-0.05, 0) is 46.6 Å². The zero-order valence-electron chi connectivity index (χ0n) is 12.7. The zero-order valence-corrected chi connectivity index (χ0v) is 12.7. The van der Waals surface area contributed by atoms with E-state index in [0.29, 0.717) is 11.7 Å². The summed E-state index contributed by atoms with van der Waals surface area (Å²) in [6, 6.07) is 21.0. The summed E-state index contributed by atoms with van der Waals surface area (Å²) in [4.78, 5) is 2.32. The molecule has 0 saturated carbocycles. The van der Waals surface area contributed by atoms with Crippen molar-refractivity contribution < 1.29 is 5.11 Å². The summed E-state index contributed by atoms with van der Waals surface area (Å²) in [5.74, 6) is 0.713. The largest absolute Gasteiger partial charge is 0.508 e. The van der Waals surface area contributed by atoms with Crippen molar-refractivity contribution in [3.63, 3.8) is 0 Å². The Bertz CT molecular complexity index is 840. The predicted molar refractivity (Wildman–Crippen MR) is 90.2 cm³/mol. The summed E-state index contributed by atoms with van der Waals surface area (Å²) in [6.07, 6.45) is 0. The molecule has 0 amide bonds. The predicted octanol–water partition coefficient (Wildman–Crippen LogP) is 4.12. The van der Waals surface area contributed by atoms with Crippen molar-refractivity contribution in [1.82, 2.24) is 4.90 Å². The minimum Gasteiger partial charge on any atom is -0.508 e. The molecule has 22 heavy (non-hydrogen) atoms. The summed E-state index contributed by atoms with van der Waals surface area (Å²) in [7, 11) is 2.14. The van der Waals surface area contributed by atoms with Gasteiger partial charge < -0.3 is 10.0 Å². The number of rotatable bonds is 1. The van der Waals surface area contributed by atoms with Crippen LogP contribution in [-0.4, -0.2) is 23.6 Å². The fourth-order valence-electron chi connectivity index (χ4n) is 3.54. The second-order valence-electron chi connectivity index (χ2n) is 6.24. The van der Waals surface area contributed by atoms with E-state index in [0.717, 1.165) is 13.1 Å². The summed E-state index contributed by atoms with van der Waals surface area (Å²) in [6.45, 7) is 1.91. The Morgan fingerprint density at radius 1 is 0.955 bits per heavy atom.